The number of morpholine rings is 1. The fourth-order valence-corrected chi connectivity index (χ4v) is 3.57. The number of rotatable bonds is 7. The smallest absolute Gasteiger partial charge is 0.0912 e. The van der Waals surface area contributed by atoms with E-state index < -0.39 is 0 Å². The van der Waals surface area contributed by atoms with Crippen LogP contribution in [0.15, 0.2) is 10.7 Å². The van der Waals surface area contributed by atoms with Gasteiger partial charge in [0.25, 0.3) is 0 Å². The molecule has 1 aliphatic heterocycles. The third kappa shape index (κ3) is 4.06. The molecule has 0 radical (unpaired) electrons. The molecule has 0 aromatic carbocycles. The molecule has 21 heavy (non-hydrogen) atoms. The molecule has 0 spiro atoms. The van der Waals surface area contributed by atoms with Crippen molar-refractivity contribution in [3.63, 3.8) is 0 Å². The van der Waals surface area contributed by atoms with Crippen LogP contribution in [0.25, 0.3) is 0 Å². The number of nitrogens with one attached hydrogen (secondary N) is 1. The first-order valence-electron chi connectivity index (χ1n) is 7.93. The summed E-state index contributed by atoms with van der Waals surface area (Å²) in [7, 11) is 2.00. The fourth-order valence-electron chi connectivity index (χ4n) is 3.02. The predicted molar refractivity (Wildman–Crippen MR) is 88.5 cm³/mol. The summed E-state index contributed by atoms with van der Waals surface area (Å²) in [6, 6.07) is 0.160. The van der Waals surface area contributed by atoms with Crippen LogP contribution in [0.3, 0.4) is 0 Å². The monoisotopic (exact) mass is 358 g/mol. The Morgan fingerprint density at radius 3 is 2.86 bits per heavy atom. The molecular formula is C15H27BrN4O. The Morgan fingerprint density at radius 1 is 1.43 bits per heavy atom. The van der Waals surface area contributed by atoms with Gasteiger partial charge < -0.3 is 10.1 Å². The lowest BCUT2D eigenvalue weighted by atomic mass is 10.1. The van der Waals surface area contributed by atoms with Crippen LogP contribution in [0.1, 0.15) is 38.4 Å². The SMILES string of the molecule is CCCN1CCOC(C(NC)c2c(Br)cnn2CCC)C1. The van der Waals surface area contributed by atoms with Gasteiger partial charge in [-0.15, -0.1) is 0 Å². The van der Waals surface area contributed by atoms with Crippen molar-refractivity contribution in [2.75, 3.05) is 33.3 Å². The Kier molecular flexibility index (Phi) is 6.67. The first-order chi connectivity index (χ1) is 10.2. The number of likely N-dealkylation sites (N-methyl/N-ethyl adjacent to an activating group) is 1. The molecule has 1 saturated heterocycles. The highest BCUT2D eigenvalue weighted by atomic mass is 79.9. The molecule has 2 heterocycles. The van der Waals surface area contributed by atoms with Crippen molar-refractivity contribution in [3.8, 4) is 0 Å². The highest BCUT2D eigenvalue weighted by Crippen LogP contribution is 2.28. The summed E-state index contributed by atoms with van der Waals surface area (Å²) in [5.74, 6) is 0. The molecule has 1 N–H and O–H groups in total. The van der Waals surface area contributed by atoms with Gasteiger partial charge in [0, 0.05) is 19.6 Å². The number of hydrogen-bond donors (Lipinski definition) is 1. The molecule has 1 aromatic rings. The van der Waals surface area contributed by atoms with Crippen molar-refractivity contribution >= 4 is 15.9 Å². The van der Waals surface area contributed by atoms with Gasteiger partial charge in [0.15, 0.2) is 0 Å². The Balaban J connectivity index is 2.17. The van der Waals surface area contributed by atoms with Crippen molar-refractivity contribution in [1.82, 2.24) is 20.0 Å². The molecule has 6 heteroatoms. The second-order valence-electron chi connectivity index (χ2n) is 5.58. The minimum atomic E-state index is 0.160. The summed E-state index contributed by atoms with van der Waals surface area (Å²) in [6.45, 7) is 9.30. The molecular weight excluding hydrogens is 332 g/mol. The molecule has 5 nitrogen and oxygen atoms in total. The van der Waals surface area contributed by atoms with E-state index in [1.807, 2.05) is 13.2 Å². The van der Waals surface area contributed by atoms with E-state index in [2.05, 4.69) is 49.8 Å². The molecule has 1 aromatic heterocycles. The van der Waals surface area contributed by atoms with Crippen molar-refractivity contribution in [2.45, 2.75) is 45.4 Å². The van der Waals surface area contributed by atoms with Crippen LogP contribution < -0.4 is 5.32 Å². The van der Waals surface area contributed by atoms with E-state index in [9.17, 15) is 0 Å². The number of aromatic nitrogens is 2. The molecule has 0 amide bonds. The Bertz CT molecular complexity index is 435. The van der Waals surface area contributed by atoms with E-state index in [4.69, 9.17) is 4.74 Å². The van der Waals surface area contributed by atoms with Crippen molar-refractivity contribution in [3.05, 3.63) is 16.4 Å². The minimum absolute atomic E-state index is 0.160. The number of halogens is 1. The lowest BCUT2D eigenvalue weighted by Gasteiger charge is -2.37. The van der Waals surface area contributed by atoms with Crippen molar-refractivity contribution in [1.29, 1.82) is 0 Å². The maximum atomic E-state index is 6.05. The van der Waals surface area contributed by atoms with Crippen molar-refractivity contribution < 1.29 is 4.74 Å². The summed E-state index contributed by atoms with van der Waals surface area (Å²) in [5.41, 5.74) is 1.20. The van der Waals surface area contributed by atoms with Gasteiger partial charge in [0.2, 0.25) is 0 Å². The average molecular weight is 359 g/mol. The largest absolute Gasteiger partial charge is 0.374 e. The zero-order chi connectivity index (χ0) is 15.2. The van der Waals surface area contributed by atoms with Crippen LogP contribution in [0, 0.1) is 0 Å². The van der Waals surface area contributed by atoms with Crippen LogP contribution in [0.2, 0.25) is 0 Å². The zero-order valence-electron chi connectivity index (χ0n) is 13.3. The second-order valence-corrected chi connectivity index (χ2v) is 6.43. The van der Waals surface area contributed by atoms with Gasteiger partial charge in [-0.25, -0.2) is 0 Å². The predicted octanol–water partition coefficient (Wildman–Crippen LogP) is 2.43. The molecule has 2 rings (SSSR count). The highest BCUT2D eigenvalue weighted by Gasteiger charge is 2.31. The van der Waals surface area contributed by atoms with E-state index in [1.54, 1.807) is 0 Å². The quantitative estimate of drug-likeness (QED) is 0.812. The number of hydrogen-bond acceptors (Lipinski definition) is 4. The standard InChI is InChI=1S/C15H27BrN4O/c1-4-6-19-8-9-21-13(11-19)14(17-3)15-12(16)10-18-20(15)7-5-2/h10,13-14,17H,4-9,11H2,1-3H3. The van der Waals surface area contributed by atoms with E-state index in [0.717, 1.165) is 43.7 Å². The number of aryl methyl sites for hydroxylation is 1. The minimum Gasteiger partial charge on any atom is -0.374 e. The first kappa shape index (κ1) is 16.9. The molecule has 1 aliphatic rings. The lowest BCUT2D eigenvalue weighted by Crippen LogP contribution is -2.48. The van der Waals surface area contributed by atoms with Gasteiger partial charge in [-0.1, -0.05) is 13.8 Å². The molecule has 0 saturated carbocycles. The third-order valence-electron chi connectivity index (χ3n) is 3.96. The van der Waals surface area contributed by atoms with Crippen LogP contribution in [-0.2, 0) is 11.3 Å². The maximum absolute atomic E-state index is 6.05. The van der Waals surface area contributed by atoms with Crippen LogP contribution in [0.5, 0.6) is 0 Å². The Hall–Kier alpha value is -0.430. The van der Waals surface area contributed by atoms with Gasteiger partial charge in [-0.3, -0.25) is 9.58 Å². The van der Waals surface area contributed by atoms with E-state index in [-0.39, 0.29) is 12.1 Å². The van der Waals surface area contributed by atoms with E-state index in [0.29, 0.717) is 0 Å². The van der Waals surface area contributed by atoms with Gasteiger partial charge in [0.1, 0.15) is 0 Å². The molecule has 0 aliphatic carbocycles. The summed E-state index contributed by atoms with van der Waals surface area (Å²) in [5, 5.41) is 7.92. The topological polar surface area (TPSA) is 42.3 Å². The van der Waals surface area contributed by atoms with E-state index in [1.165, 1.54) is 12.1 Å². The van der Waals surface area contributed by atoms with Gasteiger partial charge in [-0.2, -0.15) is 5.10 Å². The fraction of sp³-hybridized carbons (Fsp3) is 0.800. The van der Waals surface area contributed by atoms with Crippen LogP contribution in [-0.4, -0.2) is 54.1 Å². The Labute approximate surface area is 136 Å². The highest BCUT2D eigenvalue weighted by molar-refractivity contribution is 9.10. The van der Waals surface area contributed by atoms with Gasteiger partial charge in [0.05, 0.1) is 35.1 Å². The van der Waals surface area contributed by atoms with Crippen LogP contribution >= 0.6 is 15.9 Å². The van der Waals surface area contributed by atoms with Crippen molar-refractivity contribution in [2.24, 2.45) is 0 Å². The summed E-state index contributed by atoms with van der Waals surface area (Å²) in [4.78, 5) is 2.49. The maximum Gasteiger partial charge on any atom is 0.0912 e. The van der Waals surface area contributed by atoms with Gasteiger partial charge >= 0.3 is 0 Å². The number of nitrogens with zero attached hydrogens (tertiary/aromatic N) is 3. The average Bonchev–Trinajstić information content (AvgIpc) is 2.83. The number of ether oxygens (including phenoxy) is 1. The molecule has 0 bridgehead atoms. The van der Waals surface area contributed by atoms with Gasteiger partial charge in [-0.05, 0) is 42.4 Å². The summed E-state index contributed by atoms with van der Waals surface area (Å²) in [6.07, 6.45) is 4.32. The summed E-state index contributed by atoms with van der Waals surface area (Å²) >= 11 is 3.65. The summed E-state index contributed by atoms with van der Waals surface area (Å²) < 4.78 is 9.21. The molecule has 2 atom stereocenters. The molecule has 1 fully saturated rings. The van der Waals surface area contributed by atoms with E-state index >= 15 is 0 Å². The third-order valence-corrected chi connectivity index (χ3v) is 4.57. The lowest BCUT2D eigenvalue weighted by molar-refractivity contribution is -0.0473. The molecule has 120 valence electrons. The normalized spacial score (nSPS) is 21.6. The zero-order valence-corrected chi connectivity index (χ0v) is 14.9. The Morgan fingerprint density at radius 2 is 2.19 bits per heavy atom. The molecule has 2 unspecified atom stereocenters. The second kappa shape index (κ2) is 8.27. The first-order valence-corrected chi connectivity index (χ1v) is 8.72. The van der Waals surface area contributed by atoms with Crippen LogP contribution in [0.4, 0.5) is 0 Å².